The fourth-order valence-corrected chi connectivity index (χ4v) is 3.04. The van der Waals surface area contributed by atoms with E-state index in [-0.39, 0.29) is 15.6 Å². The molecular formula is C12H9ClFNO2S. The molecule has 0 unspecified atom stereocenters. The Balaban J connectivity index is 2.64. The van der Waals surface area contributed by atoms with Crippen molar-refractivity contribution in [2.45, 2.75) is 6.92 Å². The number of carbonyl (C=O) groups is 1. The van der Waals surface area contributed by atoms with E-state index in [0.29, 0.717) is 16.0 Å². The first kappa shape index (κ1) is 12.9. The minimum absolute atomic E-state index is 0.0721. The van der Waals surface area contributed by atoms with Crippen LogP contribution in [0.1, 0.15) is 15.2 Å². The second kappa shape index (κ2) is 4.59. The molecule has 2 rings (SSSR count). The lowest BCUT2D eigenvalue weighted by molar-refractivity contribution is 0.0703. The lowest BCUT2D eigenvalue weighted by Gasteiger charge is -2.03. The van der Waals surface area contributed by atoms with Crippen molar-refractivity contribution in [3.05, 3.63) is 39.5 Å². The van der Waals surface area contributed by atoms with E-state index in [1.54, 1.807) is 6.92 Å². The summed E-state index contributed by atoms with van der Waals surface area (Å²) in [6.45, 7) is 1.72. The average Bonchev–Trinajstić information content (AvgIpc) is 2.57. The monoisotopic (exact) mass is 285 g/mol. The summed E-state index contributed by atoms with van der Waals surface area (Å²) in [6, 6.07) is 3.98. The predicted molar refractivity (Wildman–Crippen MR) is 70.8 cm³/mol. The van der Waals surface area contributed by atoms with E-state index in [1.807, 2.05) is 0 Å². The fourth-order valence-electron chi connectivity index (χ4n) is 1.62. The van der Waals surface area contributed by atoms with Crippen LogP contribution in [0.2, 0.25) is 5.02 Å². The number of aromatic carboxylic acids is 1. The van der Waals surface area contributed by atoms with Crippen molar-refractivity contribution in [1.29, 1.82) is 0 Å². The summed E-state index contributed by atoms with van der Waals surface area (Å²) in [5.74, 6) is -1.52. The van der Waals surface area contributed by atoms with Gasteiger partial charge in [0.05, 0.1) is 10.7 Å². The van der Waals surface area contributed by atoms with Crippen molar-refractivity contribution >= 4 is 34.6 Å². The summed E-state index contributed by atoms with van der Waals surface area (Å²) in [5, 5.41) is 9.23. The molecule has 0 aliphatic carbocycles. The summed E-state index contributed by atoms with van der Waals surface area (Å²) < 4.78 is 13.0. The van der Waals surface area contributed by atoms with Crippen LogP contribution in [0.15, 0.2) is 18.2 Å². The van der Waals surface area contributed by atoms with Gasteiger partial charge < -0.3 is 10.8 Å². The van der Waals surface area contributed by atoms with Gasteiger partial charge >= 0.3 is 5.97 Å². The third-order valence-electron chi connectivity index (χ3n) is 2.56. The lowest BCUT2D eigenvalue weighted by atomic mass is 10.1. The summed E-state index contributed by atoms with van der Waals surface area (Å²) >= 11 is 6.99. The summed E-state index contributed by atoms with van der Waals surface area (Å²) in [7, 11) is 0. The van der Waals surface area contributed by atoms with Crippen LogP contribution < -0.4 is 5.73 Å². The molecule has 3 nitrogen and oxygen atoms in total. The molecule has 0 spiro atoms. The van der Waals surface area contributed by atoms with E-state index in [2.05, 4.69) is 0 Å². The van der Waals surface area contributed by atoms with Gasteiger partial charge in [-0.1, -0.05) is 11.6 Å². The molecular weight excluding hydrogens is 277 g/mol. The first-order valence-corrected chi connectivity index (χ1v) is 6.19. The van der Waals surface area contributed by atoms with Crippen LogP contribution in [0.3, 0.4) is 0 Å². The van der Waals surface area contributed by atoms with Gasteiger partial charge in [0.25, 0.3) is 0 Å². The highest BCUT2D eigenvalue weighted by Crippen LogP contribution is 2.41. The number of hydrogen-bond donors (Lipinski definition) is 2. The SMILES string of the molecule is Cc1c(-c2ccc(F)cc2Cl)sc(C(=O)O)c1N. The first-order valence-electron chi connectivity index (χ1n) is 4.99. The minimum Gasteiger partial charge on any atom is -0.477 e. The fraction of sp³-hybridized carbons (Fsp3) is 0.0833. The van der Waals surface area contributed by atoms with Crippen molar-refractivity contribution < 1.29 is 14.3 Å². The Hall–Kier alpha value is -1.59. The van der Waals surface area contributed by atoms with E-state index >= 15 is 0 Å². The topological polar surface area (TPSA) is 63.3 Å². The molecule has 0 atom stereocenters. The van der Waals surface area contributed by atoms with Gasteiger partial charge in [0.15, 0.2) is 0 Å². The number of rotatable bonds is 2. The molecule has 1 aromatic heterocycles. The largest absolute Gasteiger partial charge is 0.477 e. The standard InChI is InChI=1S/C12H9ClFNO2S/c1-5-9(15)11(12(16)17)18-10(5)7-3-2-6(14)4-8(7)13/h2-4H,15H2,1H3,(H,16,17). The molecule has 3 N–H and O–H groups in total. The number of nitrogen functional groups attached to an aromatic ring is 1. The zero-order chi connectivity index (χ0) is 13.4. The highest BCUT2D eigenvalue weighted by atomic mass is 35.5. The van der Waals surface area contributed by atoms with Crippen LogP contribution in [-0.4, -0.2) is 11.1 Å². The first-order chi connectivity index (χ1) is 8.41. The number of carboxylic acid groups (broad SMARTS) is 1. The molecule has 1 heterocycles. The van der Waals surface area contributed by atoms with Crippen LogP contribution in [0.4, 0.5) is 10.1 Å². The van der Waals surface area contributed by atoms with Crippen LogP contribution in [0.25, 0.3) is 10.4 Å². The van der Waals surface area contributed by atoms with Gasteiger partial charge in [-0.05, 0) is 30.7 Å². The number of halogens is 2. The molecule has 0 bridgehead atoms. The Morgan fingerprint density at radius 3 is 2.67 bits per heavy atom. The smallest absolute Gasteiger partial charge is 0.348 e. The van der Waals surface area contributed by atoms with Crippen molar-refractivity contribution in [2.75, 3.05) is 5.73 Å². The molecule has 0 aliphatic heterocycles. The van der Waals surface area contributed by atoms with E-state index in [1.165, 1.54) is 18.2 Å². The number of nitrogens with two attached hydrogens (primary N) is 1. The van der Waals surface area contributed by atoms with Crippen LogP contribution in [0, 0.1) is 12.7 Å². The maximum absolute atomic E-state index is 13.0. The maximum atomic E-state index is 13.0. The van der Waals surface area contributed by atoms with E-state index in [0.717, 1.165) is 11.3 Å². The number of thiophene rings is 1. The third-order valence-corrected chi connectivity index (χ3v) is 4.20. The van der Waals surface area contributed by atoms with Crippen LogP contribution in [0.5, 0.6) is 0 Å². The zero-order valence-corrected chi connectivity index (χ0v) is 10.9. The van der Waals surface area contributed by atoms with Gasteiger partial charge in [0.1, 0.15) is 10.7 Å². The van der Waals surface area contributed by atoms with E-state index in [4.69, 9.17) is 22.4 Å². The van der Waals surface area contributed by atoms with Crippen molar-refractivity contribution in [1.82, 2.24) is 0 Å². The Bertz CT molecular complexity index is 639. The van der Waals surface area contributed by atoms with Crippen LogP contribution >= 0.6 is 22.9 Å². The third kappa shape index (κ3) is 2.07. The number of hydrogen-bond acceptors (Lipinski definition) is 3. The Kier molecular flexibility index (Phi) is 3.28. The van der Waals surface area contributed by atoms with Gasteiger partial charge in [-0.15, -0.1) is 11.3 Å². The van der Waals surface area contributed by atoms with Crippen LogP contribution in [-0.2, 0) is 0 Å². The van der Waals surface area contributed by atoms with E-state index < -0.39 is 11.8 Å². The quantitative estimate of drug-likeness (QED) is 0.882. The second-order valence-electron chi connectivity index (χ2n) is 3.73. The molecule has 2 aromatic rings. The molecule has 1 aromatic carbocycles. The molecule has 18 heavy (non-hydrogen) atoms. The molecule has 0 radical (unpaired) electrons. The highest BCUT2D eigenvalue weighted by molar-refractivity contribution is 7.18. The zero-order valence-electron chi connectivity index (χ0n) is 9.33. The molecule has 0 fully saturated rings. The van der Waals surface area contributed by atoms with Crippen molar-refractivity contribution in [3.63, 3.8) is 0 Å². The second-order valence-corrected chi connectivity index (χ2v) is 5.16. The Morgan fingerprint density at radius 2 is 2.17 bits per heavy atom. The van der Waals surface area contributed by atoms with Crippen molar-refractivity contribution in [3.8, 4) is 10.4 Å². The summed E-state index contributed by atoms with van der Waals surface area (Å²) in [5.41, 5.74) is 7.19. The average molecular weight is 286 g/mol. The molecule has 0 aliphatic rings. The Labute approximate surface area is 112 Å². The van der Waals surface area contributed by atoms with Gasteiger partial charge in [-0.25, -0.2) is 9.18 Å². The van der Waals surface area contributed by atoms with Gasteiger partial charge in [0, 0.05) is 10.4 Å². The molecule has 0 amide bonds. The van der Waals surface area contributed by atoms with Gasteiger partial charge in [0.2, 0.25) is 0 Å². The molecule has 0 saturated carbocycles. The summed E-state index contributed by atoms with van der Waals surface area (Å²) in [4.78, 5) is 11.7. The highest BCUT2D eigenvalue weighted by Gasteiger charge is 2.20. The Morgan fingerprint density at radius 1 is 1.50 bits per heavy atom. The van der Waals surface area contributed by atoms with Crippen molar-refractivity contribution in [2.24, 2.45) is 0 Å². The molecule has 0 saturated heterocycles. The summed E-state index contributed by atoms with van der Waals surface area (Å²) in [6.07, 6.45) is 0. The minimum atomic E-state index is -1.08. The lowest BCUT2D eigenvalue weighted by Crippen LogP contribution is -1.97. The molecule has 94 valence electrons. The maximum Gasteiger partial charge on any atom is 0.348 e. The van der Waals surface area contributed by atoms with Gasteiger partial charge in [-0.2, -0.15) is 0 Å². The van der Waals surface area contributed by atoms with E-state index in [9.17, 15) is 9.18 Å². The van der Waals surface area contributed by atoms with Gasteiger partial charge in [-0.3, -0.25) is 0 Å². The number of carboxylic acids is 1. The molecule has 6 heteroatoms. The normalized spacial score (nSPS) is 10.6. The predicted octanol–water partition coefficient (Wildman–Crippen LogP) is 3.80. The number of benzene rings is 1. The number of anilines is 1.